The summed E-state index contributed by atoms with van der Waals surface area (Å²) in [5, 5.41) is 0. The zero-order chi connectivity index (χ0) is 15.7. The number of nitrogens with zero attached hydrogens (tertiary/aromatic N) is 1. The maximum Gasteiger partial charge on any atom is 0.150 e. The second-order valence-electron chi connectivity index (χ2n) is 5.06. The van der Waals surface area contributed by atoms with E-state index in [1.54, 1.807) is 7.05 Å². The molecule has 21 heavy (non-hydrogen) atoms. The molecule has 5 heteroatoms. The lowest BCUT2D eigenvalue weighted by Crippen LogP contribution is -2.16. The number of benzene rings is 2. The molecule has 110 valence electrons. The van der Waals surface area contributed by atoms with Crippen molar-refractivity contribution < 1.29 is 8.78 Å². The summed E-state index contributed by atoms with van der Waals surface area (Å²) in [4.78, 5) is 1.45. The van der Waals surface area contributed by atoms with Gasteiger partial charge in [0, 0.05) is 18.3 Å². The maximum absolute atomic E-state index is 14.2. The molecular weight excluding hydrogens is 290 g/mol. The summed E-state index contributed by atoms with van der Waals surface area (Å²) < 4.78 is 28.4. The molecule has 0 amide bonds. The Morgan fingerprint density at radius 2 is 1.48 bits per heavy atom. The van der Waals surface area contributed by atoms with Crippen LogP contribution in [0.3, 0.4) is 0 Å². The Kier molecular flexibility index (Phi) is 4.23. The smallest absolute Gasteiger partial charge is 0.150 e. The third kappa shape index (κ3) is 3.19. The highest BCUT2D eigenvalue weighted by molar-refractivity contribution is 7.80. The average Bonchev–Trinajstić information content (AvgIpc) is 2.36. The Hall–Kier alpha value is -2.01. The van der Waals surface area contributed by atoms with Gasteiger partial charge in [-0.15, -0.1) is 0 Å². The summed E-state index contributed by atoms with van der Waals surface area (Å²) >= 11 is 4.75. The van der Waals surface area contributed by atoms with Gasteiger partial charge in [-0.25, -0.2) is 8.78 Å². The molecule has 2 aromatic rings. The largest absolute Gasteiger partial charge is 0.389 e. The summed E-state index contributed by atoms with van der Waals surface area (Å²) in [7, 11) is 1.62. The summed E-state index contributed by atoms with van der Waals surface area (Å²) in [5.41, 5.74) is 8.23. The number of thiocarbonyl (C=S) groups is 1. The Bertz CT molecular complexity index is 670. The van der Waals surface area contributed by atoms with E-state index in [0.29, 0.717) is 5.69 Å². The lowest BCUT2D eigenvalue weighted by molar-refractivity contribution is 0.583. The number of nitrogens with two attached hydrogens (primary N) is 1. The van der Waals surface area contributed by atoms with E-state index >= 15 is 0 Å². The third-order valence-corrected chi connectivity index (χ3v) is 3.47. The van der Waals surface area contributed by atoms with Crippen molar-refractivity contribution in [2.75, 3.05) is 11.9 Å². The second kappa shape index (κ2) is 5.77. The van der Waals surface area contributed by atoms with Gasteiger partial charge in [-0.05, 0) is 49.2 Å². The number of hydrogen-bond acceptors (Lipinski definition) is 2. The third-order valence-electron chi connectivity index (χ3n) is 3.23. The van der Waals surface area contributed by atoms with Crippen molar-refractivity contribution in [2.45, 2.75) is 13.8 Å². The summed E-state index contributed by atoms with van der Waals surface area (Å²) in [6.07, 6.45) is 0. The van der Waals surface area contributed by atoms with Crippen molar-refractivity contribution in [1.82, 2.24) is 0 Å². The first-order chi connectivity index (χ1) is 9.79. The van der Waals surface area contributed by atoms with E-state index in [4.69, 9.17) is 18.0 Å². The number of hydrogen-bond donors (Lipinski definition) is 1. The van der Waals surface area contributed by atoms with E-state index in [1.165, 1.54) is 4.90 Å². The van der Waals surface area contributed by atoms with Crippen molar-refractivity contribution in [2.24, 2.45) is 5.73 Å². The fourth-order valence-electron chi connectivity index (χ4n) is 2.30. The van der Waals surface area contributed by atoms with Gasteiger partial charge in [0.05, 0.1) is 0 Å². The summed E-state index contributed by atoms with van der Waals surface area (Å²) in [6.45, 7) is 3.88. The molecule has 0 heterocycles. The van der Waals surface area contributed by atoms with Crippen molar-refractivity contribution in [1.29, 1.82) is 0 Å². The van der Waals surface area contributed by atoms with Crippen LogP contribution in [0.2, 0.25) is 0 Å². The van der Waals surface area contributed by atoms with Gasteiger partial charge in [0.1, 0.15) is 10.7 Å². The predicted octanol–water partition coefficient (Wildman–Crippen LogP) is 3.98. The number of rotatable bonds is 3. The van der Waals surface area contributed by atoms with E-state index in [2.05, 4.69) is 0 Å². The van der Waals surface area contributed by atoms with Crippen molar-refractivity contribution in [3.63, 3.8) is 0 Å². The van der Waals surface area contributed by atoms with E-state index in [0.717, 1.165) is 23.3 Å². The fourth-order valence-corrected chi connectivity index (χ4v) is 2.42. The van der Waals surface area contributed by atoms with E-state index in [9.17, 15) is 8.78 Å². The molecule has 0 aliphatic rings. The van der Waals surface area contributed by atoms with Gasteiger partial charge in [-0.2, -0.15) is 0 Å². The van der Waals surface area contributed by atoms with E-state index < -0.39 is 11.6 Å². The molecule has 0 spiro atoms. The first-order valence-corrected chi connectivity index (χ1v) is 6.81. The molecule has 0 saturated carbocycles. The Morgan fingerprint density at radius 3 is 1.90 bits per heavy atom. The molecule has 2 aromatic carbocycles. The zero-order valence-electron chi connectivity index (χ0n) is 12.1. The maximum atomic E-state index is 14.2. The lowest BCUT2D eigenvalue weighted by Gasteiger charge is -2.22. The van der Waals surface area contributed by atoms with E-state index in [1.807, 2.05) is 32.0 Å². The first kappa shape index (κ1) is 15.4. The minimum Gasteiger partial charge on any atom is -0.389 e. The van der Waals surface area contributed by atoms with Gasteiger partial charge in [0.15, 0.2) is 11.6 Å². The molecule has 0 aliphatic carbocycles. The normalized spacial score (nSPS) is 10.5. The van der Waals surface area contributed by atoms with Crippen LogP contribution in [0, 0.1) is 25.5 Å². The monoisotopic (exact) mass is 306 g/mol. The van der Waals surface area contributed by atoms with Crippen LogP contribution in [0.25, 0.3) is 0 Å². The molecule has 0 aromatic heterocycles. The minimum atomic E-state index is -0.695. The highest BCUT2D eigenvalue weighted by Gasteiger charge is 2.17. The van der Waals surface area contributed by atoms with Gasteiger partial charge >= 0.3 is 0 Å². The van der Waals surface area contributed by atoms with Gasteiger partial charge < -0.3 is 10.6 Å². The highest BCUT2D eigenvalue weighted by Crippen LogP contribution is 2.31. The minimum absolute atomic E-state index is 0.0339. The van der Waals surface area contributed by atoms with Crippen molar-refractivity contribution >= 4 is 28.6 Å². The van der Waals surface area contributed by atoms with Crippen LogP contribution in [0.1, 0.15) is 16.7 Å². The second-order valence-corrected chi connectivity index (χ2v) is 5.50. The molecule has 2 N–H and O–H groups in total. The van der Waals surface area contributed by atoms with Gasteiger partial charge in [-0.3, -0.25) is 0 Å². The van der Waals surface area contributed by atoms with Crippen LogP contribution >= 0.6 is 12.2 Å². The topological polar surface area (TPSA) is 29.3 Å². The van der Waals surface area contributed by atoms with Crippen molar-refractivity contribution in [3.05, 3.63) is 58.7 Å². The average molecular weight is 306 g/mol. The van der Waals surface area contributed by atoms with Gasteiger partial charge in [-0.1, -0.05) is 18.3 Å². The Labute approximate surface area is 128 Å². The Balaban J connectivity index is 2.53. The Morgan fingerprint density at radius 1 is 1.00 bits per heavy atom. The molecule has 0 radical (unpaired) electrons. The molecule has 0 aliphatic heterocycles. The molecule has 0 fully saturated rings. The van der Waals surface area contributed by atoms with Crippen LogP contribution < -0.4 is 10.6 Å². The molecule has 0 saturated heterocycles. The number of aryl methyl sites for hydroxylation is 2. The van der Waals surface area contributed by atoms with Gasteiger partial charge in [0.2, 0.25) is 0 Å². The van der Waals surface area contributed by atoms with Crippen LogP contribution in [-0.2, 0) is 0 Å². The van der Waals surface area contributed by atoms with Crippen LogP contribution in [0.4, 0.5) is 20.2 Å². The molecule has 0 bridgehead atoms. The fraction of sp³-hybridized carbons (Fsp3) is 0.188. The molecular formula is C16H16F2N2S. The quantitative estimate of drug-likeness (QED) is 0.870. The number of halogens is 2. The van der Waals surface area contributed by atoms with Gasteiger partial charge in [0.25, 0.3) is 0 Å². The molecule has 0 unspecified atom stereocenters. The van der Waals surface area contributed by atoms with Crippen LogP contribution in [-0.4, -0.2) is 12.0 Å². The summed E-state index contributed by atoms with van der Waals surface area (Å²) in [5.74, 6) is -1.39. The predicted molar refractivity (Wildman–Crippen MR) is 86.2 cm³/mol. The zero-order valence-corrected chi connectivity index (χ0v) is 12.9. The highest BCUT2D eigenvalue weighted by atomic mass is 32.1. The van der Waals surface area contributed by atoms with E-state index in [-0.39, 0.29) is 16.2 Å². The van der Waals surface area contributed by atoms with Crippen LogP contribution in [0.15, 0.2) is 30.3 Å². The summed E-state index contributed by atoms with van der Waals surface area (Å²) in [6, 6.07) is 8.04. The molecule has 2 rings (SSSR count). The SMILES string of the molecule is Cc1cc(C)cc(N(C)c2c(F)cc(C(N)=S)cc2F)c1. The standard InChI is InChI=1S/C16H16F2N2S/c1-9-4-10(2)6-12(5-9)20(3)15-13(17)7-11(16(19)21)8-14(15)18/h4-8H,1-3H3,(H2,19,21). The number of anilines is 2. The molecule has 2 nitrogen and oxygen atoms in total. The van der Waals surface area contributed by atoms with Crippen molar-refractivity contribution in [3.8, 4) is 0 Å². The van der Waals surface area contributed by atoms with Crippen LogP contribution in [0.5, 0.6) is 0 Å². The first-order valence-electron chi connectivity index (χ1n) is 6.40. The lowest BCUT2D eigenvalue weighted by atomic mass is 10.1. The molecule has 0 atom stereocenters.